The molecule has 1 aromatic carbocycles. The predicted molar refractivity (Wildman–Crippen MR) is 108 cm³/mol. The fourth-order valence-corrected chi connectivity index (χ4v) is 3.32. The van der Waals surface area contributed by atoms with Crippen molar-refractivity contribution < 1.29 is 14.7 Å². The van der Waals surface area contributed by atoms with Crippen LogP contribution in [0.15, 0.2) is 24.3 Å². The van der Waals surface area contributed by atoms with Gasteiger partial charge in [-0.3, -0.25) is 4.79 Å². The maximum atomic E-state index is 12.4. The van der Waals surface area contributed by atoms with Crippen LogP contribution < -0.4 is 10.6 Å². The van der Waals surface area contributed by atoms with Gasteiger partial charge >= 0.3 is 6.03 Å². The number of hydrogen-bond donors (Lipinski definition) is 3. The van der Waals surface area contributed by atoms with E-state index in [1.54, 1.807) is 12.1 Å². The molecule has 0 saturated heterocycles. The van der Waals surface area contributed by atoms with Crippen LogP contribution in [0.3, 0.4) is 0 Å². The number of carbonyl (C=O) groups is 2. The van der Waals surface area contributed by atoms with Gasteiger partial charge in [-0.15, -0.1) is 0 Å². The van der Waals surface area contributed by atoms with E-state index >= 15 is 0 Å². The van der Waals surface area contributed by atoms with Crippen molar-refractivity contribution in [1.82, 2.24) is 15.1 Å². The van der Waals surface area contributed by atoms with Crippen molar-refractivity contribution in [1.29, 1.82) is 0 Å². The molecule has 1 saturated carbocycles. The van der Waals surface area contributed by atoms with Crippen LogP contribution in [-0.2, 0) is 4.79 Å². The third kappa shape index (κ3) is 4.35. The lowest BCUT2D eigenvalue weighted by Gasteiger charge is -2.25. The van der Waals surface area contributed by atoms with Gasteiger partial charge < -0.3 is 15.7 Å². The summed E-state index contributed by atoms with van der Waals surface area (Å²) in [4.78, 5) is 24.3. The number of carbonyl (C=O) groups excluding carboxylic acids is 2. The Morgan fingerprint density at radius 1 is 1.29 bits per heavy atom. The Morgan fingerprint density at radius 3 is 2.61 bits per heavy atom. The van der Waals surface area contributed by atoms with E-state index in [0.717, 1.165) is 25.0 Å². The van der Waals surface area contributed by atoms with Crippen LogP contribution in [0.2, 0.25) is 0 Å². The molecule has 0 unspecified atom stereocenters. The Bertz CT molecular complexity index is 869. The maximum Gasteiger partial charge on any atom is 0.342 e. The van der Waals surface area contributed by atoms with Gasteiger partial charge in [0.2, 0.25) is 5.91 Å². The van der Waals surface area contributed by atoms with E-state index in [9.17, 15) is 14.7 Å². The monoisotopic (exact) mass is 384 g/mol. The number of nitrogens with one attached hydrogen (secondary N) is 2. The Kier molecular flexibility index (Phi) is 6.02. The van der Waals surface area contributed by atoms with Crippen molar-refractivity contribution in [2.45, 2.75) is 52.4 Å². The van der Waals surface area contributed by atoms with Crippen LogP contribution in [0.1, 0.15) is 58.1 Å². The molecule has 0 spiro atoms. The number of aromatic nitrogens is 2. The largest absolute Gasteiger partial charge is 0.507 e. The highest BCUT2D eigenvalue weighted by molar-refractivity contribution is 5.91. The Morgan fingerprint density at radius 2 is 2.04 bits per heavy atom. The van der Waals surface area contributed by atoms with Gasteiger partial charge in [0.1, 0.15) is 5.75 Å². The highest BCUT2D eigenvalue weighted by Gasteiger charge is 2.27. The van der Waals surface area contributed by atoms with E-state index in [4.69, 9.17) is 0 Å². The molecule has 1 heterocycles. The molecular weight excluding hydrogens is 356 g/mol. The average Bonchev–Trinajstić information content (AvgIpc) is 2.97. The van der Waals surface area contributed by atoms with Gasteiger partial charge in [-0.1, -0.05) is 20.3 Å². The minimum absolute atomic E-state index is 0.0167. The van der Waals surface area contributed by atoms with Crippen LogP contribution >= 0.6 is 0 Å². The van der Waals surface area contributed by atoms with Crippen LogP contribution in [0.4, 0.5) is 10.5 Å². The quantitative estimate of drug-likeness (QED) is 0.699. The number of amides is 2. The Labute approximate surface area is 165 Å². The number of anilines is 1. The second kappa shape index (κ2) is 8.46. The minimum Gasteiger partial charge on any atom is -0.507 e. The van der Waals surface area contributed by atoms with E-state index in [2.05, 4.69) is 15.7 Å². The first-order valence-electron chi connectivity index (χ1n) is 9.90. The number of nitrogens with zero attached hydrogens (tertiary/aromatic N) is 2. The van der Waals surface area contributed by atoms with Gasteiger partial charge in [0.15, 0.2) is 0 Å². The number of aromatic hydroxyl groups is 1. The standard InChI is InChI=1S/C21H28N4O3/c1-4-22-21(28)25-18(14-6-5-7-14)12-17(24-25)16-9-8-15(11-19(16)26)23-20(27)10-13(2)3/h8-9,11-14,26H,4-7,10H2,1-3H3,(H,22,28)(H,23,27). The molecule has 0 bridgehead atoms. The highest BCUT2D eigenvalue weighted by atomic mass is 16.3. The van der Waals surface area contributed by atoms with Crippen LogP contribution in [0, 0.1) is 5.92 Å². The van der Waals surface area contributed by atoms with Crippen LogP contribution in [0.5, 0.6) is 5.75 Å². The van der Waals surface area contributed by atoms with Gasteiger partial charge in [-0.2, -0.15) is 9.78 Å². The smallest absolute Gasteiger partial charge is 0.342 e. The minimum atomic E-state index is -0.257. The fraction of sp³-hybridized carbons (Fsp3) is 0.476. The van der Waals surface area contributed by atoms with Gasteiger partial charge in [0.05, 0.1) is 11.4 Å². The van der Waals surface area contributed by atoms with Gasteiger partial charge in [-0.05, 0) is 43.9 Å². The van der Waals surface area contributed by atoms with E-state index < -0.39 is 0 Å². The summed E-state index contributed by atoms with van der Waals surface area (Å²) in [7, 11) is 0. The van der Waals surface area contributed by atoms with E-state index in [1.807, 2.05) is 26.8 Å². The number of hydrogen-bond acceptors (Lipinski definition) is 4. The molecule has 7 heteroatoms. The highest BCUT2D eigenvalue weighted by Crippen LogP contribution is 2.39. The zero-order valence-corrected chi connectivity index (χ0v) is 16.7. The first-order valence-corrected chi connectivity index (χ1v) is 9.90. The molecule has 3 rings (SSSR count). The van der Waals surface area contributed by atoms with Crippen molar-refractivity contribution in [2.24, 2.45) is 5.92 Å². The number of benzene rings is 1. The molecule has 0 aliphatic heterocycles. The topological polar surface area (TPSA) is 96.3 Å². The van der Waals surface area contributed by atoms with Gasteiger partial charge in [0, 0.05) is 36.2 Å². The summed E-state index contributed by atoms with van der Waals surface area (Å²) in [6, 6.07) is 6.59. The zero-order chi connectivity index (χ0) is 20.3. The normalized spacial score (nSPS) is 14.0. The molecule has 3 N–H and O–H groups in total. The van der Waals surface area contributed by atoms with Crippen molar-refractivity contribution in [3.05, 3.63) is 30.0 Å². The molecule has 150 valence electrons. The molecule has 1 aliphatic carbocycles. The average molecular weight is 384 g/mol. The summed E-state index contributed by atoms with van der Waals surface area (Å²) in [6.07, 6.45) is 3.65. The first-order chi connectivity index (χ1) is 13.4. The van der Waals surface area contributed by atoms with Crippen molar-refractivity contribution in [3.8, 4) is 17.0 Å². The molecule has 1 fully saturated rings. The number of phenols is 1. The molecule has 7 nitrogen and oxygen atoms in total. The predicted octanol–water partition coefficient (Wildman–Crippen LogP) is 4.09. The maximum absolute atomic E-state index is 12.4. The second-order valence-electron chi connectivity index (χ2n) is 7.71. The zero-order valence-electron chi connectivity index (χ0n) is 16.7. The summed E-state index contributed by atoms with van der Waals surface area (Å²) >= 11 is 0. The van der Waals surface area contributed by atoms with E-state index in [0.29, 0.717) is 35.8 Å². The number of phenolic OH excluding ortho intramolecular Hbond substituents is 1. The molecule has 0 radical (unpaired) electrons. The molecule has 1 aromatic heterocycles. The lowest BCUT2D eigenvalue weighted by atomic mass is 9.82. The molecular formula is C21H28N4O3. The lowest BCUT2D eigenvalue weighted by Crippen LogP contribution is -2.31. The van der Waals surface area contributed by atoms with E-state index in [1.165, 1.54) is 10.7 Å². The second-order valence-corrected chi connectivity index (χ2v) is 7.71. The summed E-state index contributed by atoms with van der Waals surface area (Å²) in [6.45, 7) is 6.34. The SMILES string of the molecule is CCNC(=O)n1nc(-c2ccc(NC(=O)CC(C)C)cc2O)cc1C1CCC1. The van der Waals surface area contributed by atoms with Crippen LogP contribution in [0.25, 0.3) is 11.3 Å². The molecule has 2 aromatic rings. The Balaban J connectivity index is 1.86. The fourth-order valence-electron chi connectivity index (χ4n) is 3.32. The Hall–Kier alpha value is -2.83. The summed E-state index contributed by atoms with van der Waals surface area (Å²) < 4.78 is 1.42. The van der Waals surface area contributed by atoms with Crippen LogP contribution in [-0.4, -0.2) is 33.4 Å². The first kappa shape index (κ1) is 19.9. The van der Waals surface area contributed by atoms with Crippen molar-refractivity contribution in [3.63, 3.8) is 0 Å². The summed E-state index contributed by atoms with van der Waals surface area (Å²) in [5.41, 5.74) is 2.49. The number of rotatable bonds is 6. The molecule has 2 amide bonds. The summed E-state index contributed by atoms with van der Waals surface area (Å²) in [5, 5.41) is 20.5. The summed E-state index contributed by atoms with van der Waals surface area (Å²) in [5.74, 6) is 0.509. The molecule has 1 aliphatic rings. The third-order valence-corrected chi connectivity index (χ3v) is 4.93. The third-order valence-electron chi connectivity index (χ3n) is 4.93. The molecule has 28 heavy (non-hydrogen) atoms. The van der Waals surface area contributed by atoms with E-state index in [-0.39, 0.29) is 23.6 Å². The van der Waals surface area contributed by atoms with Crippen molar-refractivity contribution >= 4 is 17.6 Å². The van der Waals surface area contributed by atoms with Gasteiger partial charge in [0.25, 0.3) is 0 Å². The van der Waals surface area contributed by atoms with Crippen molar-refractivity contribution in [2.75, 3.05) is 11.9 Å². The lowest BCUT2D eigenvalue weighted by molar-refractivity contribution is -0.116. The molecule has 0 atom stereocenters. The van der Waals surface area contributed by atoms with Gasteiger partial charge in [-0.25, -0.2) is 4.79 Å².